The molecule has 3 nitrogen and oxygen atoms in total. The first-order valence-corrected chi connectivity index (χ1v) is 5.25. The number of nitrogen functional groups attached to an aromatic ring is 1. The summed E-state index contributed by atoms with van der Waals surface area (Å²) in [6, 6.07) is 3.70. The van der Waals surface area contributed by atoms with Crippen LogP contribution in [0.4, 0.5) is 5.82 Å². The molecular formula is C12H20N2O. The highest BCUT2D eigenvalue weighted by Crippen LogP contribution is 2.22. The first kappa shape index (κ1) is 12.0. The molecule has 0 bridgehead atoms. The molecule has 1 atom stereocenters. The molecule has 0 radical (unpaired) electrons. The van der Waals surface area contributed by atoms with Crippen LogP contribution < -0.4 is 5.73 Å². The number of nitrogens with zero attached hydrogens (tertiary/aromatic N) is 1. The van der Waals surface area contributed by atoms with Crippen molar-refractivity contribution in [3.63, 3.8) is 0 Å². The van der Waals surface area contributed by atoms with Crippen molar-refractivity contribution in [3.05, 3.63) is 23.9 Å². The monoisotopic (exact) mass is 208 g/mol. The third kappa shape index (κ3) is 4.79. The summed E-state index contributed by atoms with van der Waals surface area (Å²) in [4.78, 5) is 3.92. The number of hydrogen-bond acceptors (Lipinski definition) is 3. The summed E-state index contributed by atoms with van der Waals surface area (Å²) >= 11 is 0. The number of anilines is 1. The maximum absolute atomic E-state index is 9.87. The lowest BCUT2D eigenvalue weighted by Gasteiger charge is -2.22. The second kappa shape index (κ2) is 4.62. The summed E-state index contributed by atoms with van der Waals surface area (Å²) in [5.74, 6) is 0.510. The summed E-state index contributed by atoms with van der Waals surface area (Å²) < 4.78 is 0. The molecule has 0 aliphatic rings. The average molecular weight is 208 g/mol. The highest BCUT2D eigenvalue weighted by atomic mass is 16.3. The van der Waals surface area contributed by atoms with Crippen LogP contribution in [-0.4, -0.2) is 16.2 Å². The summed E-state index contributed by atoms with van der Waals surface area (Å²) in [5, 5.41) is 9.87. The van der Waals surface area contributed by atoms with Gasteiger partial charge in [-0.15, -0.1) is 0 Å². The number of aliphatic hydroxyl groups excluding tert-OH is 1. The van der Waals surface area contributed by atoms with Crippen LogP contribution in [0.2, 0.25) is 0 Å². The normalized spacial score (nSPS) is 13.9. The zero-order chi connectivity index (χ0) is 11.5. The number of pyridine rings is 1. The lowest BCUT2D eigenvalue weighted by Crippen LogP contribution is -2.19. The second-order valence-electron chi connectivity index (χ2n) is 5.21. The molecule has 0 saturated heterocycles. The number of rotatable bonds is 3. The molecule has 0 aromatic carbocycles. The quantitative estimate of drug-likeness (QED) is 0.798. The van der Waals surface area contributed by atoms with Gasteiger partial charge in [0.2, 0.25) is 0 Å². The number of nitrogens with two attached hydrogens (primary N) is 1. The van der Waals surface area contributed by atoms with Crippen LogP contribution in [0.25, 0.3) is 0 Å². The maximum Gasteiger partial charge on any atom is 0.123 e. The molecule has 15 heavy (non-hydrogen) atoms. The Kier molecular flexibility index (Phi) is 3.69. The molecule has 1 rings (SSSR count). The maximum atomic E-state index is 9.87. The van der Waals surface area contributed by atoms with E-state index in [1.165, 1.54) is 0 Å². The molecule has 1 aromatic rings. The molecule has 0 aliphatic heterocycles. The molecule has 1 aromatic heterocycles. The molecule has 0 amide bonds. The van der Waals surface area contributed by atoms with Crippen molar-refractivity contribution in [2.75, 3.05) is 5.73 Å². The summed E-state index contributed by atoms with van der Waals surface area (Å²) in [5.41, 5.74) is 6.76. The van der Waals surface area contributed by atoms with Gasteiger partial charge < -0.3 is 10.8 Å². The molecule has 1 unspecified atom stereocenters. The summed E-state index contributed by atoms with van der Waals surface area (Å²) in [6.45, 7) is 6.37. The Hall–Kier alpha value is -1.09. The lowest BCUT2D eigenvalue weighted by molar-refractivity contribution is 0.121. The van der Waals surface area contributed by atoms with E-state index in [2.05, 4.69) is 25.8 Å². The first-order valence-electron chi connectivity index (χ1n) is 5.25. The molecular weight excluding hydrogens is 188 g/mol. The smallest absolute Gasteiger partial charge is 0.123 e. The van der Waals surface area contributed by atoms with Gasteiger partial charge in [-0.25, -0.2) is 4.98 Å². The predicted octanol–water partition coefficient (Wildman–Crippen LogP) is 2.00. The van der Waals surface area contributed by atoms with Crippen LogP contribution in [0.3, 0.4) is 0 Å². The van der Waals surface area contributed by atoms with Crippen LogP contribution in [0.5, 0.6) is 0 Å². The van der Waals surface area contributed by atoms with E-state index < -0.39 is 0 Å². The lowest BCUT2D eigenvalue weighted by atomic mass is 9.87. The largest absolute Gasteiger partial charge is 0.393 e. The number of aliphatic hydroxyl groups is 1. The van der Waals surface area contributed by atoms with Crippen LogP contribution in [0.1, 0.15) is 32.8 Å². The minimum Gasteiger partial charge on any atom is -0.393 e. The van der Waals surface area contributed by atoms with Gasteiger partial charge in [0.05, 0.1) is 6.10 Å². The number of aromatic nitrogens is 1. The van der Waals surface area contributed by atoms with E-state index in [4.69, 9.17) is 5.73 Å². The molecule has 1 heterocycles. The molecule has 3 N–H and O–H groups in total. The molecule has 0 aliphatic carbocycles. The summed E-state index contributed by atoms with van der Waals surface area (Å²) in [6.07, 6.45) is 2.79. The molecule has 0 saturated carbocycles. The van der Waals surface area contributed by atoms with Gasteiger partial charge in [-0.2, -0.15) is 0 Å². The van der Waals surface area contributed by atoms with Gasteiger partial charge in [0.15, 0.2) is 0 Å². The minimum atomic E-state index is -0.313. The number of hydrogen-bond donors (Lipinski definition) is 2. The average Bonchev–Trinajstić information content (AvgIpc) is 1.99. The van der Waals surface area contributed by atoms with Crippen molar-refractivity contribution >= 4 is 5.82 Å². The first-order chi connectivity index (χ1) is 6.87. The van der Waals surface area contributed by atoms with E-state index in [0.29, 0.717) is 12.2 Å². The highest BCUT2D eigenvalue weighted by molar-refractivity contribution is 5.32. The Balaban J connectivity index is 2.55. The molecule has 3 heteroatoms. The van der Waals surface area contributed by atoms with E-state index in [0.717, 1.165) is 12.0 Å². The van der Waals surface area contributed by atoms with Gasteiger partial charge >= 0.3 is 0 Å². The van der Waals surface area contributed by atoms with Crippen LogP contribution in [0, 0.1) is 5.41 Å². The van der Waals surface area contributed by atoms with Crippen LogP contribution >= 0.6 is 0 Å². The van der Waals surface area contributed by atoms with Crippen molar-refractivity contribution in [1.29, 1.82) is 0 Å². The third-order valence-electron chi connectivity index (χ3n) is 2.16. The zero-order valence-corrected chi connectivity index (χ0v) is 9.70. The van der Waals surface area contributed by atoms with Crippen molar-refractivity contribution < 1.29 is 5.11 Å². The fraction of sp³-hybridized carbons (Fsp3) is 0.583. The van der Waals surface area contributed by atoms with Gasteiger partial charge in [-0.3, -0.25) is 0 Å². The van der Waals surface area contributed by atoms with E-state index in [-0.39, 0.29) is 11.5 Å². The van der Waals surface area contributed by atoms with Crippen LogP contribution in [-0.2, 0) is 6.42 Å². The molecule has 0 fully saturated rings. The summed E-state index contributed by atoms with van der Waals surface area (Å²) in [7, 11) is 0. The van der Waals surface area contributed by atoms with Crippen molar-refractivity contribution in [3.8, 4) is 0 Å². The van der Waals surface area contributed by atoms with Gasteiger partial charge in [-0.1, -0.05) is 20.8 Å². The van der Waals surface area contributed by atoms with Crippen molar-refractivity contribution in [2.45, 2.75) is 39.7 Å². The van der Waals surface area contributed by atoms with Crippen molar-refractivity contribution in [1.82, 2.24) is 4.98 Å². The van der Waals surface area contributed by atoms with E-state index >= 15 is 0 Å². The van der Waals surface area contributed by atoms with Gasteiger partial charge in [0.1, 0.15) is 5.82 Å². The SMILES string of the molecule is CC(C)(C)CC(O)Cc1ccnc(N)c1. The third-order valence-corrected chi connectivity index (χ3v) is 2.16. The fourth-order valence-corrected chi connectivity index (χ4v) is 1.67. The van der Waals surface area contributed by atoms with E-state index in [9.17, 15) is 5.11 Å². The second-order valence-corrected chi connectivity index (χ2v) is 5.21. The Bertz CT molecular complexity index is 318. The van der Waals surface area contributed by atoms with Gasteiger partial charge in [0, 0.05) is 6.20 Å². The Morgan fingerprint density at radius 2 is 2.13 bits per heavy atom. The standard InChI is InChI=1S/C12H20N2O/c1-12(2,3)8-10(15)6-9-4-5-14-11(13)7-9/h4-5,7,10,15H,6,8H2,1-3H3,(H2,13,14). The van der Waals surface area contributed by atoms with Gasteiger partial charge in [-0.05, 0) is 36.0 Å². The zero-order valence-electron chi connectivity index (χ0n) is 9.70. The predicted molar refractivity (Wildman–Crippen MR) is 62.4 cm³/mol. The van der Waals surface area contributed by atoms with Gasteiger partial charge in [0.25, 0.3) is 0 Å². The topological polar surface area (TPSA) is 59.1 Å². The fourth-order valence-electron chi connectivity index (χ4n) is 1.67. The van der Waals surface area contributed by atoms with E-state index in [1.807, 2.05) is 12.1 Å². The molecule has 84 valence electrons. The Morgan fingerprint density at radius 1 is 1.47 bits per heavy atom. The van der Waals surface area contributed by atoms with Crippen molar-refractivity contribution in [2.24, 2.45) is 5.41 Å². The Labute approximate surface area is 91.3 Å². The minimum absolute atomic E-state index is 0.151. The van der Waals surface area contributed by atoms with E-state index in [1.54, 1.807) is 6.20 Å². The van der Waals surface area contributed by atoms with Crippen LogP contribution in [0.15, 0.2) is 18.3 Å². The molecule has 0 spiro atoms. The highest BCUT2D eigenvalue weighted by Gasteiger charge is 2.16. The Morgan fingerprint density at radius 3 is 2.67 bits per heavy atom.